The summed E-state index contributed by atoms with van der Waals surface area (Å²) in [6.45, 7) is 0. The van der Waals surface area contributed by atoms with Crippen LogP contribution in [0.1, 0.15) is 0 Å². The Kier molecular flexibility index (Phi) is 2.22. The Balaban J connectivity index is 2.87. The van der Waals surface area contributed by atoms with Gasteiger partial charge in [0.15, 0.2) is 0 Å². The Morgan fingerprint density at radius 1 is 1.31 bits per heavy atom. The van der Waals surface area contributed by atoms with E-state index in [1.807, 2.05) is 0 Å². The first-order chi connectivity index (χ1) is 6.16. The van der Waals surface area contributed by atoms with Gasteiger partial charge in [-0.1, -0.05) is 27.5 Å². The summed E-state index contributed by atoms with van der Waals surface area (Å²) in [6.07, 6.45) is 1.55. The van der Waals surface area contributed by atoms with Crippen LogP contribution in [-0.4, -0.2) is 4.98 Å². The fraction of sp³-hybridized carbons (Fsp3) is 0. The number of hydrogen-bond acceptors (Lipinski definition) is 1. The maximum atomic E-state index is 12.9. The van der Waals surface area contributed by atoms with Gasteiger partial charge in [-0.2, -0.15) is 0 Å². The molecule has 2 aromatic rings. The zero-order valence-electron chi connectivity index (χ0n) is 6.39. The third-order valence-corrected chi connectivity index (χ3v) is 2.58. The molecule has 0 saturated heterocycles. The van der Waals surface area contributed by atoms with Crippen molar-refractivity contribution in [2.24, 2.45) is 0 Å². The highest BCUT2D eigenvalue weighted by molar-refractivity contribution is 9.10. The average Bonchev–Trinajstić information content (AvgIpc) is 2.06. The van der Waals surface area contributed by atoms with Crippen molar-refractivity contribution >= 4 is 38.3 Å². The Labute approximate surface area is 87.7 Å². The topological polar surface area (TPSA) is 12.9 Å². The van der Waals surface area contributed by atoms with E-state index in [4.69, 9.17) is 11.6 Å². The van der Waals surface area contributed by atoms with E-state index in [2.05, 4.69) is 20.9 Å². The van der Waals surface area contributed by atoms with Gasteiger partial charge in [-0.25, -0.2) is 9.37 Å². The Morgan fingerprint density at radius 2 is 2.08 bits per heavy atom. The molecule has 1 heterocycles. The summed E-state index contributed by atoms with van der Waals surface area (Å²) in [4.78, 5) is 3.87. The molecular formula is C9H4BrClFN. The summed E-state index contributed by atoms with van der Waals surface area (Å²) < 4.78 is 13.6. The fourth-order valence-corrected chi connectivity index (χ4v) is 1.87. The maximum Gasteiger partial charge on any atom is 0.129 e. The predicted molar refractivity (Wildman–Crippen MR) is 54.4 cm³/mol. The van der Waals surface area contributed by atoms with E-state index in [0.29, 0.717) is 9.63 Å². The molecule has 2 rings (SSSR count). The van der Waals surface area contributed by atoms with Crippen LogP contribution in [0, 0.1) is 5.82 Å². The summed E-state index contributed by atoms with van der Waals surface area (Å²) >= 11 is 8.96. The molecule has 0 saturated carbocycles. The zero-order valence-corrected chi connectivity index (χ0v) is 8.73. The van der Waals surface area contributed by atoms with Crippen molar-refractivity contribution in [3.05, 3.63) is 39.8 Å². The first-order valence-corrected chi connectivity index (χ1v) is 4.74. The van der Waals surface area contributed by atoms with Crippen LogP contribution in [0.15, 0.2) is 28.9 Å². The first-order valence-electron chi connectivity index (χ1n) is 3.57. The Hall–Kier alpha value is -0.670. The van der Waals surface area contributed by atoms with Crippen LogP contribution >= 0.6 is 27.5 Å². The lowest BCUT2D eigenvalue weighted by atomic mass is 10.2. The molecule has 0 unspecified atom stereocenters. The SMILES string of the molecule is Fc1cc(Br)c2cc(Cl)ncc2c1. The molecule has 1 aromatic carbocycles. The van der Waals surface area contributed by atoms with Gasteiger partial charge < -0.3 is 0 Å². The number of hydrogen-bond donors (Lipinski definition) is 0. The van der Waals surface area contributed by atoms with Crippen molar-refractivity contribution in [3.8, 4) is 0 Å². The number of benzene rings is 1. The van der Waals surface area contributed by atoms with Gasteiger partial charge in [0.2, 0.25) is 0 Å². The quantitative estimate of drug-likeness (QED) is 0.657. The number of aromatic nitrogens is 1. The minimum atomic E-state index is -0.288. The van der Waals surface area contributed by atoms with Crippen molar-refractivity contribution in [1.82, 2.24) is 4.98 Å². The standard InChI is InChI=1S/C9H4BrClFN/c10-8-2-6(12)1-5-4-13-9(11)3-7(5)8/h1-4H. The first kappa shape index (κ1) is 8.91. The lowest BCUT2D eigenvalue weighted by Crippen LogP contribution is -1.81. The van der Waals surface area contributed by atoms with Crippen LogP contribution in [0.25, 0.3) is 10.8 Å². The van der Waals surface area contributed by atoms with Gasteiger partial charge in [0.05, 0.1) is 0 Å². The molecule has 0 bridgehead atoms. The van der Waals surface area contributed by atoms with E-state index >= 15 is 0 Å². The molecule has 0 N–H and O–H groups in total. The van der Waals surface area contributed by atoms with Gasteiger partial charge in [-0.15, -0.1) is 0 Å². The summed E-state index contributed by atoms with van der Waals surface area (Å²) in [5, 5.41) is 2.00. The second kappa shape index (κ2) is 3.24. The monoisotopic (exact) mass is 259 g/mol. The molecule has 1 aromatic heterocycles. The second-order valence-corrected chi connectivity index (χ2v) is 3.86. The highest BCUT2D eigenvalue weighted by Crippen LogP contribution is 2.26. The number of nitrogens with zero attached hydrogens (tertiary/aromatic N) is 1. The molecule has 1 nitrogen and oxygen atoms in total. The lowest BCUT2D eigenvalue weighted by Gasteiger charge is -2.00. The third-order valence-electron chi connectivity index (χ3n) is 1.72. The summed E-state index contributed by atoms with van der Waals surface area (Å²) in [5.74, 6) is -0.288. The largest absolute Gasteiger partial charge is 0.244 e. The van der Waals surface area contributed by atoms with Gasteiger partial charge >= 0.3 is 0 Å². The minimum absolute atomic E-state index is 0.288. The number of halogens is 3. The molecule has 0 aliphatic heterocycles. The molecule has 4 heteroatoms. The van der Waals surface area contributed by atoms with Crippen molar-refractivity contribution in [2.45, 2.75) is 0 Å². The molecule has 13 heavy (non-hydrogen) atoms. The Morgan fingerprint density at radius 3 is 2.85 bits per heavy atom. The van der Waals surface area contributed by atoms with Gasteiger partial charge in [0.25, 0.3) is 0 Å². The molecule has 0 atom stereocenters. The van der Waals surface area contributed by atoms with Gasteiger partial charge in [-0.3, -0.25) is 0 Å². The molecule has 0 radical (unpaired) electrons. The molecule has 0 amide bonds. The highest BCUT2D eigenvalue weighted by atomic mass is 79.9. The zero-order chi connectivity index (χ0) is 9.42. The van der Waals surface area contributed by atoms with Crippen molar-refractivity contribution in [1.29, 1.82) is 0 Å². The van der Waals surface area contributed by atoms with Crippen molar-refractivity contribution in [3.63, 3.8) is 0 Å². The number of pyridine rings is 1. The van der Waals surface area contributed by atoms with E-state index in [1.54, 1.807) is 12.3 Å². The van der Waals surface area contributed by atoms with Gasteiger partial charge in [0.1, 0.15) is 11.0 Å². The van der Waals surface area contributed by atoms with E-state index in [0.717, 1.165) is 10.8 Å². The number of rotatable bonds is 0. The van der Waals surface area contributed by atoms with Crippen LogP contribution < -0.4 is 0 Å². The third kappa shape index (κ3) is 1.67. The average molecular weight is 260 g/mol. The normalized spacial score (nSPS) is 10.7. The predicted octanol–water partition coefficient (Wildman–Crippen LogP) is 3.79. The van der Waals surface area contributed by atoms with Crippen molar-refractivity contribution in [2.75, 3.05) is 0 Å². The van der Waals surface area contributed by atoms with Crippen LogP contribution in [-0.2, 0) is 0 Å². The summed E-state index contributed by atoms with van der Waals surface area (Å²) in [5.41, 5.74) is 0. The van der Waals surface area contributed by atoms with Crippen LogP contribution in [0.4, 0.5) is 4.39 Å². The van der Waals surface area contributed by atoms with E-state index in [9.17, 15) is 4.39 Å². The summed E-state index contributed by atoms with van der Waals surface area (Å²) in [7, 11) is 0. The van der Waals surface area contributed by atoms with Gasteiger partial charge in [-0.05, 0) is 18.2 Å². The van der Waals surface area contributed by atoms with Crippen molar-refractivity contribution < 1.29 is 4.39 Å². The highest BCUT2D eigenvalue weighted by Gasteiger charge is 2.02. The van der Waals surface area contributed by atoms with E-state index in [1.165, 1.54) is 12.1 Å². The molecular weight excluding hydrogens is 256 g/mol. The molecule has 0 aliphatic rings. The fourth-order valence-electron chi connectivity index (χ4n) is 1.15. The number of fused-ring (bicyclic) bond motifs is 1. The molecule has 66 valence electrons. The minimum Gasteiger partial charge on any atom is -0.244 e. The van der Waals surface area contributed by atoms with Gasteiger partial charge in [0, 0.05) is 21.4 Å². The molecule has 0 fully saturated rings. The summed E-state index contributed by atoms with van der Waals surface area (Å²) in [6, 6.07) is 4.52. The van der Waals surface area contributed by atoms with Crippen LogP contribution in [0.2, 0.25) is 5.15 Å². The maximum absolute atomic E-state index is 12.9. The van der Waals surface area contributed by atoms with Crippen LogP contribution in [0.5, 0.6) is 0 Å². The second-order valence-electron chi connectivity index (χ2n) is 2.62. The lowest BCUT2D eigenvalue weighted by molar-refractivity contribution is 0.629. The van der Waals surface area contributed by atoms with Crippen LogP contribution in [0.3, 0.4) is 0 Å². The smallest absolute Gasteiger partial charge is 0.129 e. The van der Waals surface area contributed by atoms with E-state index in [-0.39, 0.29) is 5.82 Å². The van der Waals surface area contributed by atoms with E-state index < -0.39 is 0 Å². The Bertz CT molecular complexity index is 472. The molecule has 0 spiro atoms. The molecule has 0 aliphatic carbocycles.